The second kappa shape index (κ2) is 7.01. The highest BCUT2D eigenvalue weighted by atomic mass is 15.3. The molecule has 1 unspecified atom stereocenters. The summed E-state index contributed by atoms with van der Waals surface area (Å²) in [4.78, 5) is 11.7. The van der Waals surface area contributed by atoms with Gasteiger partial charge in [-0.1, -0.05) is 6.92 Å². The Morgan fingerprint density at radius 2 is 2.18 bits per heavy atom. The third-order valence-corrected chi connectivity index (χ3v) is 4.34. The number of hydrogen-bond donors (Lipinski definition) is 0. The van der Waals surface area contributed by atoms with Crippen molar-refractivity contribution in [3.63, 3.8) is 0 Å². The van der Waals surface area contributed by atoms with Crippen LogP contribution in [0.1, 0.15) is 31.9 Å². The molecule has 0 N–H and O–H groups in total. The maximum absolute atomic E-state index is 4.63. The van der Waals surface area contributed by atoms with Gasteiger partial charge in [0.2, 0.25) is 0 Å². The van der Waals surface area contributed by atoms with E-state index in [1.807, 2.05) is 29.3 Å². The Morgan fingerprint density at radius 3 is 2.91 bits per heavy atom. The summed E-state index contributed by atoms with van der Waals surface area (Å²) in [5, 5.41) is 4.35. The van der Waals surface area contributed by atoms with E-state index in [1.54, 1.807) is 0 Å². The van der Waals surface area contributed by atoms with E-state index in [4.69, 9.17) is 0 Å². The molecule has 3 heterocycles. The molecule has 118 valence electrons. The maximum atomic E-state index is 4.63. The van der Waals surface area contributed by atoms with Gasteiger partial charge in [0.1, 0.15) is 5.69 Å². The molecule has 1 saturated heterocycles. The second-order valence-corrected chi connectivity index (χ2v) is 6.31. The van der Waals surface area contributed by atoms with Crippen LogP contribution in [0.2, 0.25) is 0 Å². The average molecular weight is 299 g/mol. The predicted octanol–water partition coefficient (Wildman–Crippen LogP) is 2.63. The van der Waals surface area contributed by atoms with Crippen LogP contribution < -0.4 is 0 Å². The van der Waals surface area contributed by atoms with Crippen LogP contribution in [0.25, 0.3) is 11.4 Å². The van der Waals surface area contributed by atoms with Crippen LogP contribution in [-0.4, -0.2) is 44.8 Å². The lowest BCUT2D eigenvalue weighted by Gasteiger charge is -2.29. The van der Waals surface area contributed by atoms with Crippen molar-refractivity contribution in [1.29, 1.82) is 0 Å². The summed E-state index contributed by atoms with van der Waals surface area (Å²) >= 11 is 0. The quantitative estimate of drug-likeness (QED) is 0.851. The molecule has 1 fully saturated rings. The summed E-state index contributed by atoms with van der Waals surface area (Å²) in [6, 6.07) is 2.01. The minimum atomic E-state index is 0.713. The number of aryl methyl sites for hydroxylation is 1. The first kappa shape index (κ1) is 15.2. The lowest BCUT2D eigenvalue weighted by Crippen LogP contribution is -2.33. The minimum Gasteiger partial charge on any atom is -0.306 e. The van der Waals surface area contributed by atoms with Crippen molar-refractivity contribution in [2.24, 2.45) is 5.92 Å². The fraction of sp³-hybridized carbons (Fsp3) is 0.588. The highest BCUT2D eigenvalue weighted by Gasteiger charge is 2.18. The SMILES string of the molecule is CCCn1nccc1-c1cnc(CC2CCCN(C)C2)cn1. The molecular weight excluding hydrogens is 274 g/mol. The minimum absolute atomic E-state index is 0.713. The Bertz CT molecular complexity index is 589. The van der Waals surface area contributed by atoms with Gasteiger partial charge in [0.05, 0.1) is 17.6 Å². The molecule has 0 aliphatic carbocycles. The molecular formula is C17H25N5. The number of piperidine rings is 1. The molecule has 0 radical (unpaired) electrons. The van der Waals surface area contributed by atoms with Gasteiger partial charge in [-0.05, 0) is 51.3 Å². The lowest BCUT2D eigenvalue weighted by atomic mass is 9.94. The molecule has 1 aliphatic rings. The smallest absolute Gasteiger partial charge is 0.107 e. The fourth-order valence-electron chi connectivity index (χ4n) is 3.27. The summed E-state index contributed by atoms with van der Waals surface area (Å²) in [5.41, 5.74) is 3.07. The third-order valence-electron chi connectivity index (χ3n) is 4.34. The number of nitrogens with zero attached hydrogens (tertiary/aromatic N) is 5. The van der Waals surface area contributed by atoms with E-state index in [1.165, 1.54) is 25.9 Å². The summed E-state index contributed by atoms with van der Waals surface area (Å²) in [5.74, 6) is 0.713. The summed E-state index contributed by atoms with van der Waals surface area (Å²) < 4.78 is 2.00. The Labute approximate surface area is 132 Å². The zero-order valence-corrected chi connectivity index (χ0v) is 13.6. The largest absolute Gasteiger partial charge is 0.306 e. The first-order valence-electron chi connectivity index (χ1n) is 8.28. The first-order chi connectivity index (χ1) is 10.8. The standard InChI is InChI=1S/C17H25N5/c1-3-8-22-17(6-7-20-22)16-12-18-15(11-19-16)10-14-5-4-9-21(2)13-14/h6-7,11-12,14H,3-5,8-10,13H2,1-2H3. The van der Waals surface area contributed by atoms with Crippen molar-refractivity contribution in [2.45, 2.75) is 39.2 Å². The number of rotatable bonds is 5. The Morgan fingerprint density at radius 1 is 1.27 bits per heavy atom. The highest BCUT2D eigenvalue weighted by molar-refractivity contribution is 5.52. The molecule has 0 bridgehead atoms. The Kier molecular flexibility index (Phi) is 4.83. The van der Waals surface area contributed by atoms with Crippen LogP contribution >= 0.6 is 0 Å². The normalized spacial score (nSPS) is 19.5. The van der Waals surface area contributed by atoms with Crippen LogP contribution in [0.5, 0.6) is 0 Å². The van der Waals surface area contributed by atoms with Gasteiger partial charge in [0.15, 0.2) is 0 Å². The van der Waals surface area contributed by atoms with Crippen LogP contribution in [-0.2, 0) is 13.0 Å². The van der Waals surface area contributed by atoms with Gasteiger partial charge in [-0.25, -0.2) is 0 Å². The lowest BCUT2D eigenvalue weighted by molar-refractivity contribution is 0.208. The molecule has 2 aromatic heterocycles. The zero-order valence-electron chi connectivity index (χ0n) is 13.6. The molecule has 2 aromatic rings. The molecule has 0 saturated carbocycles. The summed E-state index contributed by atoms with van der Waals surface area (Å²) in [6.45, 7) is 5.47. The van der Waals surface area contributed by atoms with E-state index >= 15 is 0 Å². The van der Waals surface area contributed by atoms with Crippen LogP contribution in [0.4, 0.5) is 0 Å². The molecule has 0 amide bonds. The van der Waals surface area contributed by atoms with Crippen LogP contribution in [0.3, 0.4) is 0 Å². The predicted molar refractivity (Wildman–Crippen MR) is 87.5 cm³/mol. The zero-order chi connectivity index (χ0) is 15.4. The van der Waals surface area contributed by atoms with Crippen molar-refractivity contribution in [3.05, 3.63) is 30.4 Å². The van der Waals surface area contributed by atoms with Crippen molar-refractivity contribution in [1.82, 2.24) is 24.6 Å². The number of hydrogen-bond acceptors (Lipinski definition) is 4. The molecule has 0 spiro atoms. The van der Waals surface area contributed by atoms with E-state index in [0.717, 1.165) is 36.5 Å². The molecule has 3 rings (SSSR count). The first-order valence-corrected chi connectivity index (χ1v) is 8.28. The fourth-order valence-corrected chi connectivity index (χ4v) is 3.27. The summed E-state index contributed by atoms with van der Waals surface area (Å²) in [6.07, 6.45) is 10.4. The van der Waals surface area contributed by atoms with Crippen molar-refractivity contribution in [2.75, 3.05) is 20.1 Å². The number of likely N-dealkylation sites (tertiary alicyclic amines) is 1. The van der Waals surface area contributed by atoms with Crippen molar-refractivity contribution < 1.29 is 0 Å². The van der Waals surface area contributed by atoms with E-state index in [2.05, 4.69) is 33.9 Å². The van der Waals surface area contributed by atoms with Crippen LogP contribution in [0.15, 0.2) is 24.7 Å². The van der Waals surface area contributed by atoms with Crippen LogP contribution in [0, 0.1) is 5.92 Å². The molecule has 5 heteroatoms. The molecule has 1 atom stereocenters. The average Bonchev–Trinajstić information content (AvgIpc) is 2.97. The highest BCUT2D eigenvalue weighted by Crippen LogP contribution is 2.20. The van der Waals surface area contributed by atoms with Gasteiger partial charge in [-0.3, -0.25) is 14.6 Å². The second-order valence-electron chi connectivity index (χ2n) is 6.31. The Balaban J connectivity index is 1.68. The van der Waals surface area contributed by atoms with Gasteiger partial charge in [0.25, 0.3) is 0 Å². The van der Waals surface area contributed by atoms with Gasteiger partial charge in [-0.15, -0.1) is 0 Å². The van der Waals surface area contributed by atoms with E-state index < -0.39 is 0 Å². The molecule has 22 heavy (non-hydrogen) atoms. The molecule has 5 nitrogen and oxygen atoms in total. The van der Waals surface area contributed by atoms with E-state index in [-0.39, 0.29) is 0 Å². The van der Waals surface area contributed by atoms with Crippen molar-refractivity contribution in [3.8, 4) is 11.4 Å². The van der Waals surface area contributed by atoms with Gasteiger partial charge in [-0.2, -0.15) is 5.10 Å². The monoisotopic (exact) mass is 299 g/mol. The summed E-state index contributed by atoms with van der Waals surface area (Å²) in [7, 11) is 2.20. The topological polar surface area (TPSA) is 46.8 Å². The maximum Gasteiger partial charge on any atom is 0.107 e. The van der Waals surface area contributed by atoms with E-state index in [9.17, 15) is 0 Å². The van der Waals surface area contributed by atoms with Crippen molar-refractivity contribution >= 4 is 0 Å². The van der Waals surface area contributed by atoms with Gasteiger partial charge < -0.3 is 4.90 Å². The molecule has 1 aliphatic heterocycles. The third kappa shape index (κ3) is 3.53. The molecule has 0 aromatic carbocycles. The number of aromatic nitrogens is 4. The van der Waals surface area contributed by atoms with Gasteiger partial charge in [0, 0.05) is 25.5 Å². The van der Waals surface area contributed by atoms with E-state index in [0.29, 0.717) is 5.92 Å². The Hall–Kier alpha value is -1.75. The van der Waals surface area contributed by atoms with Gasteiger partial charge >= 0.3 is 0 Å².